The Kier molecular flexibility index (Phi) is 4.30. The van der Waals surface area contributed by atoms with E-state index in [2.05, 4.69) is 4.98 Å². The quantitative estimate of drug-likeness (QED) is 0.778. The molecule has 1 heterocycles. The largest absolute Gasteiger partial charge is 0.497 e. The van der Waals surface area contributed by atoms with Gasteiger partial charge in [-0.3, -0.25) is 4.79 Å². The van der Waals surface area contributed by atoms with Gasteiger partial charge in [0.05, 0.1) is 12.7 Å². The predicted molar refractivity (Wildman–Crippen MR) is 71.7 cm³/mol. The summed E-state index contributed by atoms with van der Waals surface area (Å²) in [6.45, 7) is 0.171. The lowest BCUT2D eigenvalue weighted by atomic mass is 10.2. The van der Waals surface area contributed by atoms with Crippen LogP contribution in [0.25, 0.3) is 0 Å². The summed E-state index contributed by atoms with van der Waals surface area (Å²) in [7, 11) is 1.53. The molecule has 5 nitrogen and oxygen atoms in total. The van der Waals surface area contributed by atoms with Gasteiger partial charge in [-0.15, -0.1) is 0 Å². The molecule has 0 fully saturated rings. The predicted octanol–water partition coefficient (Wildman–Crippen LogP) is 2.35. The third-order valence-electron chi connectivity index (χ3n) is 2.72. The zero-order valence-electron chi connectivity index (χ0n) is 10.9. The van der Waals surface area contributed by atoms with Crippen LogP contribution in [0.3, 0.4) is 0 Å². The minimum atomic E-state index is 0.171. The van der Waals surface area contributed by atoms with E-state index in [1.807, 2.05) is 6.07 Å². The summed E-state index contributed by atoms with van der Waals surface area (Å²) < 4.78 is 10.6. The molecule has 2 rings (SSSR count). The number of hydrogen-bond donors (Lipinski definition) is 0. The minimum absolute atomic E-state index is 0.171. The van der Waals surface area contributed by atoms with Crippen LogP contribution >= 0.6 is 0 Å². The average Bonchev–Trinajstić information content (AvgIpc) is 2.52. The zero-order valence-corrected chi connectivity index (χ0v) is 10.9. The monoisotopic (exact) mass is 268 g/mol. The average molecular weight is 268 g/mol. The van der Waals surface area contributed by atoms with E-state index in [4.69, 9.17) is 14.7 Å². The molecule has 0 amide bonds. The van der Waals surface area contributed by atoms with Crippen LogP contribution in [0.2, 0.25) is 0 Å². The standard InChI is InChI=1S/C15H12N2O3/c1-19-13-4-5-15(12(7-13)9-18)20-10-11-3-2-6-17-14(11)8-16/h2-7,9H,10H2,1H3. The first kappa shape index (κ1) is 13.6. The maximum absolute atomic E-state index is 11.0. The maximum atomic E-state index is 11.0. The number of aldehydes is 1. The summed E-state index contributed by atoms with van der Waals surface area (Å²) >= 11 is 0. The number of rotatable bonds is 5. The molecule has 1 aromatic carbocycles. The Morgan fingerprint density at radius 3 is 2.95 bits per heavy atom. The second kappa shape index (κ2) is 6.34. The summed E-state index contributed by atoms with van der Waals surface area (Å²) in [5.74, 6) is 1.02. The number of aromatic nitrogens is 1. The summed E-state index contributed by atoms with van der Waals surface area (Å²) in [4.78, 5) is 15.0. The molecule has 20 heavy (non-hydrogen) atoms. The number of benzene rings is 1. The molecule has 0 radical (unpaired) electrons. The first-order chi connectivity index (χ1) is 9.78. The van der Waals surface area contributed by atoms with Crippen LogP contribution in [0, 0.1) is 11.3 Å². The van der Waals surface area contributed by atoms with Gasteiger partial charge in [-0.2, -0.15) is 5.26 Å². The van der Waals surface area contributed by atoms with E-state index in [9.17, 15) is 4.79 Å². The fraction of sp³-hybridized carbons (Fsp3) is 0.133. The van der Waals surface area contributed by atoms with Crippen molar-refractivity contribution in [2.45, 2.75) is 6.61 Å². The van der Waals surface area contributed by atoms with E-state index in [-0.39, 0.29) is 6.61 Å². The van der Waals surface area contributed by atoms with Crippen LogP contribution in [0.15, 0.2) is 36.5 Å². The summed E-state index contributed by atoms with van der Waals surface area (Å²) in [5, 5.41) is 8.94. The Morgan fingerprint density at radius 2 is 2.25 bits per heavy atom. The number of nitrogens with zero attached hydrogens (tertiary/aromatic N) is 2. The molecule has 0 bridgehead atoms. The summed E-state index contributed by atoms with van der Waals surface area (Å²) in [6.07, 6.45) is 2.25. The first-order valence-electron chi connectivity index (χ1n) is 5.88. The lowest BCUT2D eigenvalue weighted by Gasteiger charge is -2.10. The second-order valence-electron chi connectivity index (χ2n) is 3.93. The van der Waals surface area contributed by atoms with Gasteiger partial charge >= 0.3 is 0 Å². The number of nitriles is 1. The molecule has 0 saturated heterocycles. The van der Waals surface area contributed by atoms with Gasteiger partial charge in [0.15, 0.2) is 6.29 Å². The van der Waals surface area contributed by atoms with E-state index in [1.165, 1.54) is 7.11 Å². The van der Waals surface area contributed by atoms with E-state index in [1.54, 1.807) is 36.5 Å². The maximum Gasteiger partial charge on any atom is 0.153 e. The number of hydrogen-bond acceptors (Lipinski definition) is 5. The molecular weight excluding hydrogens is 256 g/mol. The molecule has 0 aliphatic heterocycles. The van der Waals surface area contributed by atoms with Crippen LogP contribution in [0.1, 0.15) is 21.6 Å². The lowest BCUT2D eigenvalue weighted by Crippen LogP contribution is -2.01. The first-order valence-corrected chi connectivity index (χ1v) is 5.88. The highest BCUT2D eigenvalue weighted by Crippen LogP contribution is 2.23. The van der Waals surface area contributed by atoms with Gasteiger partial charge < -0.3 is 9.47 Å². The number of ether oxygens (including phenoxy) is 2. The van der Waals surface area contributed by atoms with Gasteiger partial charge in [0.1, 0.15) is 29.9 Å². The van der Waals surface area contributed by atoms with Crippen molar-refractivity contribution in [2.75, 3.05) is 7.11 Å². The van der Waals surface area contributed by atoms with Crippen LogP contribution in [-0.2, 0) is 6.61 Å². The molecule has 2 aromatic rings. The van der Waals surface area contributed by atoms with Crippen molar-refractivity contribution < 1.29 is 14.3 Å². The van der Waals surface area contributed by atoms with Gasteiger partial charge in [-0.1, -0.05) is 6.07 Å². The smallest absolute Gasteiger partial charge is 0.153 e. The topological polar surface area (TPSA) is 72.2 Å². The highest BCUT2D eigenvalue weighted by Gasteiger charge is 2.07. The number of methoxy groups -OCH3 is 1. The molecule has 100 valence electrons. The molecule has 0 aliphatic rings. The molecule has 5 heteroatoms. The van der Waals surface area contributed by atoms with Crippen molar-refractivity contribution in [3.63, 3.8) is 0 Å². The third-order valence-corrected chi connectivity index (χ3v) is 2.72. The van der Waals surface area contributed by atoms with Gasteiger partial charge in [0, 0.05) is 11.8 Å². The minimum Gasteiger partial charge on any atom is -0.497 e. The summed E-state index contributed by atoms with van der Waals surface area (Å²) in [5.41, 5.74) is 1.38. The van der Waals surface area contributed by atoms with Crippen molar-refractivity contribution in [3.05, 3.63) is 53.3 Å². The molecule has 0 spiro atoms. The van der Waals surface area contributed by atoms with Gasteiger partial charge in [-0.25, -0.2) is 4.98 Å². The Balaban J connectivity index is 2.19. The number of carbonyl (C=O) groups excluding carboxylic acids is 1. The molecular formula is C15H12N2O3. The highest BCUT2D eigenvalue weighted by atomic mass is 16.5. The fourth-order valence-electron chi connectivity index (χ4n) is 1.69. The van der Waals surface area contributed by atoms with Crippen LogP contribution in [0.4, 0.5) is 0 Å². The summed E-state index contributed by atoms with van der Waals surface area (Å²) in [6, 6.07) is 10.4. The van der Waals surface area contributed by atoms with Crippen molar-refractivity contribution in [1.29, 1.82) is 5.26 Å². The zero-order chi connectivity index (χ0) is 14.4. The molecule has 0 atom stereocenters. The van der Waals surface area contributed by atoms with E-state index >= 15 is 0 Å². The van der Waals surface area contributed by atoms with E-state index in [0.29, 0.717) is 34.6 Å². The van der Waals surface area contributed by atoms with Crippen LogP contribution in [0.5, 0.6) is 11.5 Å². The molecule has 1 aromatic heterocycles. The van der Waals surface area contributed by atoms with Crippen LogP contribution in [-0.4, -0.2) is 18.4 Å². The Labute approximate surface area is 116 Å². The Hall–Kier alpha value is -2.87. The highest BCUT2D eigenvalue weighted by molar-refractivity contribution is 5.80. The molecule has 0 aliphatic carbocycles. The van der Waals surface area contributed by atoms with E-state index in [0.717, 1.165) is 0 Å². The molecule has 0 unspecified atom stereocenters. The lowest BCUT2D eigenvalue weighted by molar-refractivity contribution is 0.111. The SMILES string of the molecule is COc1ccc(OCc2cccnc2C#N)c(C=O)c1. The Bertz CT molecular complexity index is 662. The van der Waals surface area contributed by atoms with Crippen molar-refractivity contribution >= 4 is 6.29 Å². The van der Waals surface area contributed by atoms with Crippen molar-refractivity contribution in [3.8, 4) is 17.6 Å². The van der Waals surface area contributed by atoms with Gasteiger partial charge in [0.2, 0.25) is 0 Å². The fourth-order valence-corrected chi connectivity index (χ4v) is 1.69. The number of carbonyl (C=O) groups is 1. The van der Waals surface area contributed by atoms with Crippen LogP contribution < -0.4 is 9.47 Å². The molecule has 0 saturated carbocycles. The number of pyridine rings is 1. The normalized spacial score (nSPS) is 9.60. The molecule has 0 N–H and O–H groups in total. The van der Waals surface area contributed by atoms with E-state index < -0.39 is 0 Å². The van der Waals surface area contributed by atoms with Gasteiger partial charge in [-0.05, 0) is 24.3 Å². The third kappa shape index (κ3) is 2.93. The van der Waals surface area contributed by atoms with Crippen molar-refractivity contribution in [2.24, 2.45) is 0 Å². The van der Waals surface area contributed by atoms with Crippen molar-refractivity contribution in [1.82, 2.24) is 4.98 Å². The Morgan fingerprint density at radius 1 is 1.40 bits per heavy atom. The second-order valence-corrected chi connectivity index (χ2v) is 3.93. The van der Waals surface area contributed by atoms with Gasteiger partial charge in [0.25, 0.3) is 0 Å².